The highest BCUT2D eigenvalue weighted by molar-refractivity contribution is 7.89. The van der Waals surface area contributed by atoms with Gasteiger partial charge in [0.25, 0.3) is 5.91 Å². The molecule has 3 heterocycles. The first-order valence-corrected chi connectivity index (χ1v) is 9.77. The summed E-state index contributed by atoms with van der Waals surface area (Å²) in [7, 11) is -0.622. The quantitative estimate of drug-likeness (QED) is 0.861. The number of hydrogen-bond acceptors (Lipinski definition) is 5. The lowest BCUT2D eigenvalue weighted by Crippen LogP contribution is -2.39. The highest BCUT2D eigenvalue weighted by Crippen LogP contribution is 2.27. The zero-order valence-corrected chi connectivity index (χ0v) is 15.6. The van der Waals surface area contributed by atoms with Gasteiger partial charge in [0.15, 0.2) is 0 Å². The number of hydrogen-bond donors (Lipinski definition) is 1. The van der Waals surface area contributed by atoms with Crippen LogP contribution in [0.15, 0.2) is 16.3 Å². The molecule has 2 bridgehead atoms. The Kier molecular flexibility index (Phi) is 5.73. The summed E-state index contributed by atoms with van der Waals surface area (Å²) in [4.78, 5) is 15.1. The van der Waals surface area contributed by atoms with E-state index in [1.165, 1.54) is 37.9 Å². The summed E-state index contributed by atoms with van der Waals surface area (Å²) in [5, 5.41) is 5.20. The highest BCUT2D eigenvalue weighted by Gasteiger charge is 2.34. The Bertz CT molecular complexity index is 675. The van der Waals surface area contributed by atoms with Crippen molar-refractivity contribution < 1.29 is 13.2 Å². The summed E-state index contributed by atoms with van der Waals surface area (Å²) >= 11 is 1.20. The van der Waals surface area contributed by atoms with Crippen LogP contribution in [0.1, 0.15) is 28.9 Å². The fourth-order valence-corrected chi connectivity index (χ4v) is 5.38. The molecular weight excluding hydrogens is 358 g/mol. The van der Waals surface area contributed by atoms with Crippen molar-refractivity contribution in [1.82, 2.24) is 14.5 Å². The normalized spacial score (nSPS) is 24.4. The van der Waals surface area contributed by atoms with Crippen LogP contribution >= 0.6 is 23.7 Å². The van der Waals surface area contributed by atoms with E-state index in [2.05, 4.69) is 5.32 Å². The van der Waals surface area contributed by atoms with E-state index in [0.29, 0.717) is 30.1 Å². The average Bonchev–Trinajstić information content (AvgIpc) is 3.05. The molecule has 1 amide bonds. The van der Waals surface area contributed by atoms with Crippen molar-refractivity contribution in [3.05, 3.63) is 16.3 Å². The smallest absolute Gasteiger partial charge is 0.265 e. The van der Waals surface area contributed by atoms with E-state index in [9.17, 15) is 13.2 Å². The van der Waals surface area contributed by atoms with E-state index in [1.54, 1.807) is 10.3 Å². The Morgan fingerprint density at radius 1 is 1.30 bits per heavy atom. The first-order chi connectivity index (χ1) is 10.4. The van der Waals surface area contributed by atoms with Gasteiger partial charge < -0.3 is 10.2 Å². The molecule has 2 atom stereocenters. The van der Waals surface area contributed by atoms with E-state index in [4.69, 9.17) is 0 Å². The highest BCUT2D eigenvalue weighted by atomic mass is 35.5. The standard InChI is InChI=1S/C14H21N3O3S2.ClH/c1-16(2)22(19,20)12-6-8-21-13(12)14(18)17-7-5-10-3-4-11(9-17)15-10;/h6,8,10-11,15H,3-5,7,9H2,1-2H3;1H. The average molecular weight is 380 g/mol. The van der Waals surface area contributed by atoms with E-state index in [0.717, 1.165) is 17.1 Å². The van der Waals surface area contributed by atoms with E-state index in [1.807, 2.05) is 0 Å². The van der Waals surface area contributed by atoms with E-state index in [-0.39, 0.29) is 23.2 Å². The summed E-state index contributed by atoms with van der Waals surface area (Å²) in [6, 6.07) is 2.36. The Balaban J connectivity index is 0.00000192. The number of thiophene rings is 1. The van der Waals surface area contributed by atoms with Gasteiger partial charge in [-0.3, -0.25) is 4.79 Å². The van der Waals surface area contributed by atoms with Crippen LogP contribution in [0.2, 0.25) is 0 Å². The third-order valence-electron chi connectivity index (χ3n) is 4.39. The molecule has 2 fully saturated rings. The van der Waals surface area contributed by atoms with E-state index < -0.39 is 10.0 Å². The summed E-state index contributed by atoms with van der Waals surface area (Å²) < 4.78 is 25.8. The Hall–Kier alpha value is -0.670. The Morgan fingerprint density at radius 3 is 2.70 bits per heavy atom. The van der Waals surface area contributed by atoms with Gasteiger partial charge in [-0.25, -0.2) is 12.7 Å². The number of amides is 1. The van der Waals surface area contributed by atoms with Crippen LogP contribution in [-0.2, 0) is 10.0 Å². The fourth-order valence-electron chi connectivity index (χ4n) is 3.12. The number of rotatable bonds is 3. The molecular formula is C14H22ClN3O3S2. The van der Waals surface area contributed by atoms with Gasteiger partial charge in [0, 0.05) is 39.3 Å². The molecule has 2 aliphatic heterocycles. The molecule has 0 spiro atoms. The van der Waals surface area contributed by atoms with Gasteiger partial charge >= 0.3 is 0 Å². The van der Waals surface area contributed by atoms with Crippen LogP contribution in [0.25, 0.3) is 0 Å². The molecule has 0 radical (unpaired) electrons. The van der Waals surface area contributed by atoms with Crippen LogP contribution in [0.3, 0.4) is 0 Å². The molecule has 1 N–H and O–H groups in total. The number of nitrogens with one attached hydrogen (secondary N) is 1. The second kappa shape index (κ2) is 7.06. The van der Waals surface area contributed by atoms with Crippen molar-refractivity contribution >= 4 is 39.7 Å². The molecule has 3 rings (SSSR count). The SMILES string of the molecule is CN(C)S(=O)(=O)c1ccsc1C(=O)N1CCC2CCC(C1)N2.Cl. The van der Waals surface area contributed by atoms with Crippen LogP contribution in [0.4, 0.5) is 0 Å². The van der Waals surface area contributed by atoms with Crippen molar-refractivity contribution in [3.63, 3.8) is 0 Å². The van der Waals surface area contributed by atoms with Crippen molar-refractivity contribution in [2.45, 2.75) is 36.2 Å². The van der Waals surface area contributed by atoms with Crippen molar-refractivity contribution in [2.75, 3.05) is 27.2 Å². The predicted octanol–water partition coefficient (Wildman–Crippen LogP) is 1.39. The number of likely N-dealkylation sites (tertiary alicyclic amines) is 1. The lowest BCUT2D eigenvalue weighted by atomic mass is 10.1. The maximum atomic E-state index is 12.8. The molecule has 2 unspecified atom stereocenters. The number of carbonyl (C=O) groups excluding carboxylic acids is 1. The molecule has 2 aliphatic rings. The van der Waals surface area contributed by atoms with E-state index >= 15 is 0 Å². The van der Waals surface area contributed by atoms with Gasteiger partial charge in [0.05, 0.1) is 0 Å². The van der Waals surface area contributed by atoms with Gasteiger partial charge in [0.2, 0.25) is 10.0 Å². The Labute approximate surface area is 147 Å². The van der Waals surface area contributed by atoms with Gasteiger partial charge in [-0.1, -0.05) is 0 Å². The molecule has 6 nitrogen and oxygen atoms in total. The van der Waals surface area contributed by atoms with Gasteiger partial charge in [0.1, 0.15) is 9.77 Å². The molecule has 1 aromatic rings. The minimum atomic E-state index is -3.59. The number of sulfonamides is 1. The molecule has 0 saturated carbocycles. The lowest BCUT2D eigenvalue weighted by Gasteiger charge is -2.24. The molecule has 0 aliphatic carbocycles. The first-order valence-electron chi connectivity index (χ1n) is 7.45. The van der Waals surface area contributed by atoms with Crippen LogP contribution < -0.4 is 5.32 Å². The van der Waals surface area contributed by atoms with Crippen molar-refractivity contribution in [2.24, 2.45) is 0 Å². The third kappa shape index (κ3) is 3.56. The number of halogens is 1. The summed E-state index contributed by atoms with van der Waals surface area (Å²) in [6.07, 6.45) is 3.19. The molecule has 0 aromatic carbocycles. The van der Waals surface area contributed by atoms with Gasteiger partial charge in [-0.2, -0.15) is 0 Å². The zero-order chi connectivity index (χ0) is 15.9. The third-order valence-corrected chi connectivity index (χ3v) is 7.28. The molecule has 130 valence electrons. The van der Waals surface area contributed by atoms with Crippen molar-refractivity contribution in [3.8, 4) is 0 Å². The lowest BCUT2D eigenvalue weighted by molar-refractivity contribution is 0.0749. The topological polar surface area (TPSA) is 69.7 Å². The second-order valence-electron chi connectivity index (χ2n) is 6.08. The Morgan fingerprint density at radius 2 is 2.00 bits per heavy atom. The number of nitrogens with zero attached hydrogens (tertiary/aromatic N) is 2. The number of fused-ring (bicyclic) bond motifs is 2. The minimum absolute atomic E-state index is 0. The summed E-state index contributed by atoms with van der Waals surface area (Å²) in [6.45, 7) is 1.35. The van der Waals surface area contributed by atoms with Crippen molar-refractivity contribution in [1.29, 1.82) is 0 Å². The number of carbonyl (C=O) groups is 1. The van der Waals surface area contributed by atoms with Crippen LogP contribution in [0.5, 0.6) is 0 Å². The zero-order valence-electron chi connectivity index (χ0n) is 13.2. The largest absolute Gasteiger partial charge is 0.336 e. The fraction of sp³-hybridized carbons (Fsp3) is 0.643. The first kappa shape index (κ1) is 18.7. The molecule has 23 heavy (non-hydrogen) atoms. The maximum absolute atomic E-state index is 12.8. The van der Waals surface area contributed by atoms with Gasteiger partial charge in [-0.15, -0.1) is 23.7 Å². The summed E-state index contributed by atoms with van der Waals surface area (Å²) in [5.41, 5.74) is 0. The minimum Gasteiger partial charge on any atom is -0.336 e. The van der Waals surface area contributed by atoms with Crippen LogP contribution in [0, 0.1) is 0 Å². The maximum Gasteiger partial charge on any atom is 0.265 e. The second-order valence-corrected chi connectivity index (χ2v) is 9.12. The molecule has 1 aromatic heterocycles. The van der Waals surface area contributed by atoms with Gasteiger partial charge in [-0.05, 0) is 30.7 Å². The monoisotopic (exact) mass is 379 g/mol. The van der Waals surface area contributed by atoms with Crippen LogP contribution in [-0.4, -0.2) is 62.8 Å². The molecule has 2 saturated heterocycles. The predicted molar refractivity (Wildman–Crippen MR) is 92.9 cm³/mol. The molecule has 9 heteroatoms. The summed E-state index contributed by atoms with van der Waals surface area (Å²) in [5.74, 6) is -0.162.